The summed E-state index contributed by atoms with van der Waals surface area (Å²) in [5, 5.41) is 8.12. The Kier molecular flexibility index (Phi) is 3.46. The molecule has 21 heavy (non-hydrogen) atoms. The van der Waals surface area contributed by atoms with E-state index in [1.54, 1.807) is 6.92 Å². The molecule has 0 aromatic carbocycles. The van der Waals surface area contributed by atoms with E-state index in [1.165, 1.54) is 11.4 Å². The van der Waals surface area contributed by atoms with Crippen molar-refractivity contribution in [1.29, 1.82) is 0 Å². The first-order valence-corrected chi connectivity index (χ1v) is 8.72. The minimum absolute atomic E-state index is 0.0520. The van der Waals surface area contributed by atoms with Gasteiger partial charge in [0.05, 0.1) is 6.54 Å². The fourth-order valence-electron chi connectivity index (χ4n) is 2.39. The van der Waals surface area contributed by atoms with Crippen molar-refractivity contribution in [1.82, 2.24) is 24.1 Å². The third-order valence-corrected chi connectivity index (χ3v) is 6.86. The van der Waals surface area contributed by atoms with Gasteiger partial charge in [0, 0.05) is 25.7 Å². The zero-order valence-corrected chi connectivity index (χ0v) is 13.3. The van der Waals surface area contributed by atoms with Crippen LogP contribution in [0.1, 0.15) is 23.8 Å². The van der Waals surface area contributed by atoms with Gasteiger partial charge in [0.1, 0.15) is 11.6 Å². The molecule has 0 atom stereocenters. The lowest BCUT2D eigenvalue weighted by Crippen LogP contribution is -2.27. The predicted octanol–water partition coefficient (Wildman–Crippen LogP) is 0.103. The van der Waals surface area contributed by atoms with E-state index in [1.807, 2.05) is 4.57 Å². The van der Waals surface area contributed by atoms with Crippen LogP contribution in [0.25, 0.3) is 0 Å². The Balaban J connectivity index is 1.89. The van der Waals surface area contributed by atoms with Gasteiger partial charge < -0.3 is 9.55 Å². The van der Waals surface area contributed by atoms with Gasteiger partial charge in [-0.1, -0.05) is 11.3 Å². The van der Waals surface area contributed by atoms with E-state index in [-0.39, 0.29) is 15.6 Å². The Morgan fingerprint density at radius 2 is 2.19 bits per heavy atom. The molecule has 3 heterocycles. The van der Waals surface area contributed by atoms with Gasteiger partial charge in [0.25, 0.3) is 10.0 Å². The minimum Gasteiger partial charge on any atom is -0.315 e. The molecule has 10 heteroatoms. The molecule has 0 spiro atoms. The summed E-state index contributed by atoms with van der Waals surface area (Å²) in [5.74, 6) is 1.53. The second-order valence-corrected chi connectivity index (χ2v) is 8.20. The number of nitrogens with zero attached hydrogens (tertiary/aromatic N) is 4. The number of fused-ring (bicyclic) bond motifs is 1. The first-order valence-electron chi connectivity index (χ1n) is 6.46. The molecule has 0 radical (unpaired) electrons. The average Bonchev–Trinajstić information content (AvgIpc) is 3.07. The van der Waals surface area contributed by atoms with Gasteiger partial charge in [-0.15, -0.1) is 10.2 Å². The molecule has 0 fully saturated rings. The van der Waals surface area contributed by atoms with Gasteiger partial charge >= 0.3 is 4.87 Å². The normalized spacial score (nSPS) is 14.8. The molecule has 0 unspecified atom stereocenters. The van der Waals surface area contributed by atoms with Gasteiger partial charge in [-0.25, -0.2) is 8.42 Å². The molecule has 1 aliphatic heterocycles. The second kappa shape index (κ2) is 5.04. The topological polar surface area (TPSA) is 101 Å². The second-order valence-electron chi connectivity index (χ2n) is 4.98. The van der Waals surface area contributed by atoms with E-state index in [0.29, 0.717) is 22.9 Å². The number of aryl methyl sites for hydroxylation is 2. The van der Waals surface area contributed by atoms with Crippen molar-refractivity contribution in [3.8, 4) is 0 Å². The van der Waals surface area contributed by atoms with Gasteiger partial charge in [-0.2, -0.15) is 4.31 Å². The molecular weight excluding hydrogens is 314 g/mol. The average molecular weight is 329 g/mol. The van der Waals surface area contributed by atoms with E-state index >= 15 is 0 Å². The van der Waals surface area contributed by atoms with Crippen molar-refractivity contribution in [2.24, 2.45) is 0 Å². The lowest BCUT2D eigenvalue weighted by molar-refractivity contribution is 0.448. The van der Waals surface area contributed by atoms with Crippen LogP contribution in [0.5, 0.6) is 0 Å². The molecule has 0 bridgehead atoms. The van der Waals surface area contributed by atoms with Crippen LogP contribution in [-0.2, 0) is 29.5 Å². The molecule has 1 N–H and O–H groups in total. The highest BCUT2D eigenvalue weighted by atomic mass is 32.2. The van der Waals surface area contributed by atoms with E-state index in [9.17, 15) is 13.2 Å². The standard InChI is InChI=1S/C11H15N5O3S2/c1-7-10(20-11(17)12-7)21(18,19)15(2)6-9-14-13-8-4-3-5-16(8)9/h3-6H2,1-2H3,(H,12,17). The van der Waals surface area contributed by atoms with Crippen LogP contribution in [0.15, 0.2) is 9.00 Å². The molecule has 0 amide bonds. The van der Waals surface area contributed by atoms with Gasteiger partial charge in [-0.3, -0.25) is 4.79 Å². The first-order chi connectivity index (χ1) is 9.89. The summed E-state index contributed by atoms with van der Waals surface area (Å²) in [4.78, 5) is 13.4. The van der Waals surface area contributed by atoms with Gasteiger partial charge in [-0.05, 0) is 13.3 Å². The maximum absolute atomic E-state index is 12.5. The van der Waals surface area contributed by atoms with E-state index in [4.69, 9.17) is 0 Å². The smallest absolute Gasteiger partial charge is 0.305 e. The van der Waals surface area contributed by atoms with E-state index in [2.05, 4.69) is 15.2 Å². The third kappa shape index (κ3) is 2.43. The summed E-state index contributed by atoms with van der Waals surface area (Å²) in [7, 11) is -2.22. The Morgan fingerprint density at radius 1 is 1.43 bits per heavy atom. The molecule has 114 valence electrons. The molecular formula is C11H15N5O3S2. The quantitative estimate of drug-likeness (QED) is 0.857. The monoisotopic (exact) mass is 329 g/mol. The van der Waals surface area contributed by atoms with Crippen molar-refractivity contribution in [2.45, 2.75) is 37.1 Å². The molecule has 0 aliphatic carbocycles. The van der Waals surface area contributed by atoms with Crippen molar-refractivity contribution < 1.29 is 8.42 Å². The number of sulfonamides is 1. The highest BCUT2D eigenvalue weighted by Crippen LogP contribution is 2.22. The number of aromatic nitrogens is 4. The Bertz CT molecular complexity index is 832. The molecule has 2 aromatic heterocycles. The zero-order valence-electron chi connectivity index (χ0n) is 11.7. The summed E-state index contributed by atoms with van der Waals surface area (Å²) in [5.41, 5.74) is 0.364. The summed E-state index contributed by atoms with van der Waals surface area (Å²) < 4.78 is 28.2. The van der Waals surface area contributed by atoms with Crippen molar-refractivity contribution in [3.05, 3.63) is 27.0 Å². The summed E-state index contributed by atoms with van der Waals surface area (Å²) in [6.07, 6.45) is 1.88. The first kappa shape index (κ1) is 14.4. The highest BCUT2D eigenvalue weighted by molar-refractivity contribution is 7.91. The van der Waals surface area contributed by atoms with Gasteiger partial charge in [0.2, 0.25) is 0 Å². The molecule has 2 aromatic rings. The zero-order chi connectivity index (χ0) is 15.2. The maximum atomic E-state index is 12.5. The number of hydrogen-bond acceptors (Lipinski definition) is 6. The van der Waals surface area contributed by atoms with E-state index < -0.39 is 10.0 Å². The number of hydrogen-bond donors (Lipinski definition) is 1. The molecule has 0 saturated carbocycles. The molecule has 1 aliphatic rings. The summed E-state index contributed by atoms with van der Waals surface area (Å²) in [6, 6.07) is 0. The van der Waals surface area contributed by atoms with Crippen LogP contribution in [0.4, 0.5) is 0 Å². The summed E-state index contributed by atoms with van der Waals surface area (Å²) >= 11 is 0.704. The summed E-state index contributed by atoms with van der Waals surface area (Å²) in [6.45, 7) is 2.54. The fourth-order valence-corrected chi connectivity index (χ4v) is 5.00. The van der Waals surface area contributed by atoms with Crippen LogP contribution >= 0.6 is 11.3 Å². The number of rotatable bonds is 4. The minimum atomic E-state index is -3.70. The Morgan fingerprint density at radius 3 is 2.86 bits per heavy atom. The number of aromatic amines is 1. The molecule has 8 nitrogen and oxygen atoms in total. The lowest BCUT2D eigenvalue weighted by Gasteiger charge is -2.16. The number of H-pyrrole nitrogens is 1. The predicted molar refractivity (Wildman–Crippen MR) is 76.7 cm³/mol. The fraction of sp³-hybridized carbons (Fsp3) is 0.545. The lowest BCUT2D eigenvalue weighted by atomic mass is 10.4. The number of nitrogens with one attached hydrogen (secondary N) is 1. The van der Waals surface area contributed by atoms with Crippen LogP contribution in [0.2, 0.25) is 0 Å². The Hall–Kier alpha value is -1.52. The highest BCUT2D eigenvalue weighted by Gasteiger charge is 2.28. The largest absolute Gasteiger partial charge is 0.315 e. The molecule has 3 rings (SSSR count). The van der Waals surface area contributed by atoms with Crippen molar-refractivity contribution in [2.75, 3.05) is 7.05 Å². The van der Waals surface area contributed by atoms with E-state index in [0.717, 1.165) is 25.2 Å². The van der Waals surface area contributed by atoms with Crippen LogP contribution in [-0.4, -0.2) is 39.5 Å². The maximum Gasteiger partial charge on any atom is 0.305 e. The number of thiazole rings is 1. The van der Waals surface area contributed by atoms with Crippen LogP contribution in [0.3, 0.4) is 0 Å². The Labute approximate surface area is 125 Å². The van der Waals surface area contributed by atoms with Crippen LogP contribution in [0, 0.1) is 6.92 Å². The SMILES string of the molecule is Cc1[nH]c(=O)sc1S(=O)(=O)N(C)Cc1nnc2n1CCC2. The third-order valence-electron chi connectivity index (χ3n) is 3.48. The molecule has 0 saturated heterocycles. The van der Waals surface area contributed by atoms with Gasteiger partial charge in [0.15, 0.2) is 4.21 Å². The van der Waals surface area contributed by atoms with Crippen LogP contribution < -0.4 is 4.87 Å². The van der Waals surface area contributed by atoms with Crippen molar-refractivity contribution in [3.63, 3.8) is 0 Å². The van der Waals surface area contributed by atoms with Crippen molar-refractivity contribution >= 4 is 21.4 Å².